The molecule has 5 nitrogen and oxygen atoms in total. The van der Waals surface area contributed by atoms with E-state index in [4.69, 9.17) is 10.1 Å². The number of benzene rings is 2. The van der Waals surface area contributed by atoms with Gasteiger partial charge in [0.1, 0.15) is 16.7 Å². The SMILES string of the molecule is c1ccc(-c2nn(-c3ccccc3)c3cnc(-c4ccncc4)nc23)cc1. The van der Waals surface area contributed by atoms with Gasteiger partial charge in [-0.3, -0.25) is 4.98 Å². The summed E-state index contributed by atoms with van der Waals surface area (Å²) in [6, 6.07) is 24.0. The summed E-state index contributed by atoms with van der Waals surface area (Å²) in [5.41, 5.74) is 5.47. The van der Waals surface area contributed by atoms with E-state index in [1.54, 1.807) is 12.4 Å². The summed E-state index contributed by atoms with van der Waals surface area (Å²) in [5.74, 6) is 0.662. The van der Waals surface area contributed by atoms with Crippen LogP contribution < -0.4 is 0 Å². The number of nitrogens with zero attached hydrogens (tertiary/aromatic N) is 5. The highest BCUT2D eigenvalue weighted by Gasteiger charge is 2.16. The molecule has 0 fully saturated rings. The zero-order valence-corrected chi connectivity index (χ0v) is 14.4. The van der Waals surface area contributed by atoms with E-state index in [0.29, 0.717) is 5.82 Å². The lowest BCUT2D eigenvalue weighted by Crippen LogP contribution is -1.97. The Morgan fingerprint density at radius 1 is 0.704 bits per heavy atom. The quantitative estimate of drug-likeness (QED) is 0.480. The van der Waals surface area contributed by atoms with E-state index in [9.17, 15) is 0 Å². The van der Waals surface area contributed by atoms with Gasteiger partial charge in [-0.15, -0.1) is 0 Å². The van der Waals surface area contributed by atoms with Crippen molar-refractivity contribution < 1.29 is 0 Å². The van der Waals surface area contributed by atoms with Gasteiger partial charge in [0.15, 0.2) is 5.82 Å². The maximum Gasteiger partial charge on any atom is 0.160 e. The summed E-state index contributed by atoms with van der Waals surface area (Å²) in [6.45, 7) is 0. The Kier molecular flexibility index (Phi) is 3.68. The number of aromatic nitrogens is 5. The Morgan fingerprint density at radius 3 is 2.15 bits per heavy atom. The molecule has 0 N–H and O–H groups in total. The molecular weight excluding hydrogens is 334 g/mol. The van der Waals surface area contributed by atoms with Crippen molar-refractivity contribution in [3.8, 4) is 28.3 Å². The number of fused-ring (bicyclic) bond motifs is 1. The Morgan fingerprint density at radius 2 is 1.41 bits per heavy atom. The molecule has 0 radical (unpaired) electrons. The minimum atomic E-state index is 0.662. The summed E-state index contributed by atoms with van der Waals surface area (Å²) in [6.07, 6.45) is 5.33. The monoisotopic (exact) mass is 349 g/mol. The number of hydrogen-bond acceptors (Lipinski definition) is 4. The van der Waals surface area contributed by atoms with Crippen LogP contribution in [0, 0.1) is 0 Å². The normalized spacial score (nSPS) is 11.0. The first-order valence-corrected chi connectivity index (χ1v) is 8.67. The van der Waals surface area contributed by atoms with Gasteiger partial charge in [-0.2, -0.15) is 5.10 Å². The van der Waals surface area contributed by atoms with Crippen molar-refractivity contribution in [3.63, 3.8) is 0 Å². The predicted octanol–water partition coefficient (Wildman–Crippen LogP) is 4.54. The van der Waals surface area contributed by atoms with Gasteiger partial charge < -0.3 is 0 Å². The molecule has 3 heterocycles. The molecule has 0 amide bonds. The van der Waals surface area contributed by atoms with Crippen LogP contribution in [0.15, 0.2) is 91.4 Å². The van der Waals surface area contributed by atoms with Crippen LogP contribution in [0.5, 0.6) is 0 Å². The minimum absolute atomic E-state index is 0.662. The third-order valence-electron chi connectivity index (χ3n) is 4.41. The van der Waals surface area contributed by atoms with Gasteiger partial charge in [0.05, 0.1) is 11.9 Å². The van der Waals surface area contributed by atoms with Crippen molar-refractivity contribution in [3.05, 3.63) is 91.4 Å². The van der Waals surface area contributed by atoms with Gasteiger partial charge in [-0.1, -0.05) is 48.5 Å². The van der Waals surface area contributed by atoms with E-state index >= 15 is 0 Å². The fourth-order valence-electron chi connectivity index (χ4n) is 3.10. The maximum absolute atomic E-state index is 4.87. The first kappa shape index (κ1) is 15.4. The highest BCUT2D eigenvalue weighted by molar-refractivity contribution is 5.91. The summed E-state index contributed by atoms with van der Waals surface area (Å²) in [7, 11) is 0. The van der Waals surface area contributed by atoms with Crippen LogP contribution in [0.2, 0.25) is 0 Å². The summed E-state index contributed by atoms with van der Waals surface area (Å²) in [5, 5.41) is 4.87. The number of rotatable bonds is 3. The second kappa shape index (κ2) is 6.46. The topological polar surface area (TPSA) is 56.5 Å². The zero-order chi connectivity index (χ0) is 18.1. The average Bonchev–Trinajstić information content (AvgIpc) is 3.14. The van der Waals surface area contributed by atoms with Crippen molar-refractivity contribution in [1.29, 1.82) is 0 Å². The van der Waals surface area contributed by atoms with Crippen LogP contribution in [-0.4, -0.2) is 24.7 Å². The van der Waals surface area contributed by atoms with Crippen LogP contribution in [0.3, 0.4) is 0 Å². The maximum atomic E-state index is 4.87. The smallest absolute Gasteiger partial charge is 0.160 e. The fraction of sp³-hybridized carbons (Fsp3) is 0. The van der Waals surface area contributed by atoms with E-state index in [-0.39, 0.29) is 0 Å². The average molecular weight is 349 g/mol. The summed E-state index contributed by atoms with van der Waals surface area (Å²) >= 11 is 0. The molecule has 0 spiro atoms. The van der Waals surface area contributed by atoms with Gasteiger partial charge in [0.25, 0.3) is 0 Å². The van der Waals surface area contributed by atoms with Crippen LogP contribution in [-0.2, 0) is 0 Å². The van der Waals surface area contributed by atoms with Crippen LogP contribution >= 0.6 is 0 Å². The lowest BCUT2D eigenvalue weighted by molar-refractivity contribution is 0.912. The second-order valence-corrected chi connectivity index (χ2v) is 6.13. The lowest BCUT2D eigenvalue weighted by Gasteiger charge is -2.03. The molecule has 128 valence electrons. The third kappa shape index (κ3) is 2.75. The van der Waals surface area contributed by atoms with Crippen molar-refractivity contribution in [2.75, 3.05) is 0 Å². The standard InChI is InChI=1S/C22H15N5/c1-3-7-16(8-4-1)20-21-19(27(26-20)18-9-5-2-6-10-18)15-24-22(25-21)17-11-13-23-14-12-17/h1-15H. The van der Waals surface area contributed by atoms with Gasteiger partial charge in [-0.05, 0) is 24.3 Å². The van der Waals surface area contributed by atoms with E-state index in [2.05, 4.69) is 9.97 Å². The zero-order valence-electron chi connectivity index (χ0n) is 14.4. The second-order valence-electron chi connectivity index (χ2n) is 6.13. The van der Waals surface area contributed by atoms with Crippen molar-refractivity contribution in [1.82, 2.24) is 24.7 Å². The Labute approximate surface area is 156 Å². The third-order valence-corrected chi connectivity index (χ3v) is 4.41. The van der Waals surface area contributed by atoms with Crippen LogP contribution in [0.1, 0.15) is 0 Å². The van der Waals surface area contributed by atoms with Crippen LogP contribution in [0.4, 0.5) is 0 Å². The number of pyridine rings is 1. The van der Waals surface area contributed by atoms with E-state index in [1.807, 2.05) is 83.7 Å². The van der Waals surface area contributed by atoms with E-state index in [0.717, 1.165) is 33.5 Å². The van der Waals surface area contributed by atoms with E-state index < -0.39 is 0 Å². The molecule has 2 aromatic carbocycles. The van der Waals surface area contributed by atoms with Gasteiger partial charge in [0, 0.05) is 23.5 Å². The molecule has 0 aliphatic rings. The van der Waals surface area contributed by atoms with Crippen LogP contribution in [0.25, 0.3) is 39.4 Å². The van der Waals surface area contributed by atoms with Gasteiger partial charge in [0.2, 0.25) is 0 Å². The highest BCUT2D eigenvalue weighted by Crippen LogP contribution is 2.29. The summed E-state index contributed by atoms with van der Waals surface area (Å²) < 4.78 is 1.90. The Bertz CT molecular complexity index is 1200. The molecule has 0 saturated heterocycles. The molecule has 27 heavy (non-hydrogen) atoms. The van der Waals surface area contributed by atoms with E-state index in [1.165, 1.54) is 0 Å². The molecule has 5 heteroatoms. The molecular formula is C22H15N5. The van der Waals surface area contributed by atoms with Gasteiger partial charge >= 0.3 is 0 Å². The lowest BCUT2D eigenvalue weighted by atomic mass is 10.1. The number of para-hydroxylation sites is 1. The molecule has 0 atom stereocenters. The molecule has 0 unspecified atom stereocenters. The predicted molar refractivity (Wildman–Crippen MR) is 105 cm³/mol. The molecule has 5 aromatic rings. The highest BCUT2D eigenvalue weighted by atomic mass is 15.3. The van der Waals surface area contributed by atoms with Gasteiger partial charge in [-0.25, -0.2) is 14.6 Å². The Balaban J connectivity index is 1.79. The molecule has 5 rings (SSSR count). The molecule has 0 saturated carbocycles. The molecule has 0 aliphatic heterocycles. The first-order valence-electron chi connectivity index (χ1n) is 8.67. The van der Waals surface area contributed by atoms with Crippen molar-refractivity contribution >= 4 is 11.0 Å². The van der Waals surface area contributed by atoms with Crippen molar-refractivity contribution in [2.45, 2.75) is 0 Å². The molecule has 0 aliphatic carbocycles. The molecule has 0 bridgehead atoms. The summed E-state index contributed by atoms with van der Waals surface area (Å²) in [4.78, 5) is 13.5. The first-order chi connectivity index (χ1) is 13.4. The molecule has 3 aromatic heterocycles. The fourth-order valence-corrected chi connectivity index (χ4v) is 3.10. The minimum Gasteiger partial charge on any atom is -0.265 e. The Hall–Kier alpha value is -3.86. The van der Waals surface area contributed by atoms with Crippen molar-refractivity contribution in [2.24, 2.45) is 0 Å². The largest absolute Gasteiger partial charge is 0.265 e. The number of hydrogen-bond donors (Lipinski definition) is 0.